The Bertz CT molecular complexity index is 915. The number of piperidine rings is 1. The zero-order chi connectivity index (χ0) is 19.3. The summed E-state index contributed by atoms with van der Waals surface area (Å²) in [7, 11) is 2.21. The summed E-state index contributed by atoms with van der Waals surface area (Å²) in [4.78, 5) is 13.9. The molecule has 0 aliphatic carbocycles. The molecule has 0 radical (unpaired) electrons. The van der Waals surface area contributed by atoms with E-state index in [4.69, 9.17) is 0 Å². The number of hydrogen-bond donors (Lipinski definition) is 0. The summed E-state index contributed by atoms with van der Waals surface area (Å²) in [5, 5.41) is 0.856. The fraction of sp³-hybridized carbons (Fsp3) is 0.391. The van der Waals surface area contributed by atoms with Gasteiger partial charge in [-0.25, -0.2) is 9.37 Å². The third-order valence-electron chi connectivity index (χ3n) is 5.67. The van der Waals surface area contributed by atoms with E-state index in [1.165, 1.54) is 18.9 Å². The molecule has 1 fully saturated rings. The minimum Gasteiger partial charge on any atom is -0.302 e. The molecule has 3 heterocycles. The highest BCUT2D eigenvalue weighted by Crippen LogP contribution is 2.20. The molecule has 0 amide bonds. The van der Waals surface area contributed by atoms with Crippen molar-refractivity contribution in [2.45, 2.75) is 31.8 Å². The fourth-order valence-corrected chi connectivity index (χ4v) is 4.02. The van der Waals surface area contributed by atoms with Gasteiger partial charge in [0.15, 0.2) is 0 Å². The Labute approximate surface area is 166 Å². The molecule has 3 aromatic rings. The van der Waals surface area contributed by atoms with E-state index in [2.05, 4.69) is 32.9 Å². The molecule has 1 aliphatic rings. The van der Waals surface area contributed by atoms with Gasteiger partial charge in [0, 0.05) is 49.4 Å². The SMILES string of the molecule is CN(CCc1ccccn1)C1CCCN(Cc2ccc3cccc(F)c3n2)C1. The lowest BCUT2D eigenvalue weighted by molar-refractivity contribution is 0.111. The zero-order valence-corrected chi connectivity index (χ0v) is 16.4. The van der Waals surface area contributed by atoms with Crippen LogP contribution in [0.3, 0.4) is 0 Å². The van der Waals surface area contributed by atoms with Crippen LogP contribution in [0.5, 0.6) is 0 Å². The maximum absolute atomic E-state index is 14.0. The van der Waals surface area contributed by atoms with E-state index >= 15 is 0 Å². The minimum atomic E-state index is -0.245. The topological polar surface area (TPSA) is 32.3 Å². The molecule has 1 atom stereocenters. The molecular formula is C23H27FN4. The van der Waals surface area contributed by atoms with E-state index in [1.54, 1.807) is 6.07 Å². The van der Waals surface area contributed by atoms with E-state index in [1.807, 2.05) is 36.5 Å². The number of fused-ring (bicyclic) bond motifs is 1. The van der Waals surface area contributed by atoms with E-state index in [0.717, 1.165) is 49.4 Å². The van der Waals surface area contributed by atoms with Gasteiger partial charge >= 0.3 is 0 Å². The second-order valence-corrected chi connectivity index (χ2v) is 7.70. The van der Waals surface area contributed by atoms with Crippen molar-refractivity contribution in [3.8, 4) is 0 Å². The number of likely N-dealkylation sites (tertiary alicyclic amines) is 1. The van der Waals surface area contributed by atoms with Crippen LogP contribution in [-0.4, -0.2) is 52.5 Å². The van der Waals surface area contributed by atoms with Crippen LogP contribution in [0.4, 0.5) is 4.39 Å². The maximum Gasteiger partial charge on any atom is 0.149 e. The van der Waals surface area contributed by atoms with Gasteiger partial charge < -0.3 is 4.90 Å². The molecule has 1 unspecified atom stereocenters. The fourth-order valence-electron chi connectivity index (χ4n) is 4.02. The quantitative estimate of drug-likeness (QED) is 0.651. The van der Waals surface area contributed by atoms with Gasteiger partial charge in [-0.05, 0) is 50.7 Å². The maximum atomic E-state index is 14.0. The average molecular weight is 378 g/mol. The van der Waals surface area contributed by atoms with E-state index in [-0.39, 0.29) is 5.82 Å². The molecule has 28 heavy (non-hydrogen) atoms. The Balaban J connectivity index is 1.36. The Morgan fingerprint density at radius 1 is 1.11 bits per heavy atom. The number of pyridine rings is 2. The lowest BCUT2D eigenvalue weighted by Crippen LogP contribution is -2.46. The molecule has 0 bridgehead atoms. The van der Waals surface area contributed by atoms with Crippen molar-refractivity contribution in [2.24, 2.45) is 0 Å². The predicted molar refractivity (Wildman–Crippen MR) is 111 cm³/mol. The first-order valence-corrected chi connectivity index (χ1v) is 10.1. The van der Waals surface area contributed by atoms with Gasteiger partial charge in [-0.2, -0.15) is 0 Å². The summed E-state index contributed by atoms with van der Waals surface area (Å²) in [6.45, 7) is 3.88. The van der Waals surface area contributed by atoms with Gasteiger partial charge in [-0.3, -0.25) is 9.88 Å². The highest BCUT2D eigenvalue weighted by Gasteiger charge is 2.23. The van der Waals surface area contributed by atoms with Crippen molar-refractivity contribution in [1.82, 2.24) is 19.8 Å². The molecule has 4 rings (SSSR count). The number of nitrogens with zero attached hydrogens (tertiary/aromatic N) is 4. The van der Waals surface area contributed by atoms with Crippen molar-refractivity contribution in [1.29, 1.82) is 0 Å². The van der Waals surface area contributed by atoms with E-state index in [9.17, 15) is 4.39 Å². The van der Waals surface area contributed by atoms with Gasteiger partial charge in [0.05, 0.1) is 5.69 Å². The number of rotatable bonds is 6. The Morgan fingerprint density at radius 2 is 2.04 bits per heavy atom. The van der Waals surface area contributed by atoms with Crippen LogP contribution < -0.4 is 0 Å². The van der Waals surface area contributed by atoms with Gasteiger partial charge in [-0.15, -0.1) is 0 Å². The van der Waals surface area contributed by atoms with E-state index in [0.29, 0.717) is 11.6 Å². The van der Waals surface area contributed by atoms with Crippen LogP contribution in [0.1, 0.15) is 24.2 Å². The summed E-state index contributed by atoms with van der Waals surface area (Å²) < 4.78 is 14.0. The summed E-state index contributed by atoms with van der Waals surface area (Å²) in [5.74, 6) is -0.245. The van der Waals surface area contributed by atoms with Crippen LogP contribution in [0, 0.1) is 5.82 Å². The number of benzene rings is 1. The molecular weight excluding hydrogens is 351 g/mol. The smallest absolute Gasteiger partial charge is 0.149 e. The third kappa shape index (κ3) is 4.54. The van der Waals surface area contributed by atoms with Crippen molar-refractivity contribution in [3.63, 3.8) is 0 Å². The van der Waals surface area contributed by atoms with Crippen molar-refractivity contribution in [2.75, 3.05) is 26.7 Å². The molecule has 1 saturated heterocycles. The standard InChI is InChI=1S/C23H27FN4/c1-27(15-12-19-7-2-3-13-25-19)21-8-5-14-28(17-21)16-20-11-10-18-6-4-9-22(24)23(18)26-20/h2-4,6-7,9-11,13,21H,5,8,12,14-17H2,1H3. The average Bonchev–Trinajstić information content (AvgIpc) is 2.73. The van der Waals surface area contributed by atoms with Crippen LogP contribution in [0.15, 0.2) is 54.7 Å². The Kier molecular flexibility index (Phi) is 5.93. The summed E-state index contributed by atoms with van der Waals surface area (Å²) >= 11 is 0. The van der Waals surface area contributed by atoms with Crippen LogP contribution in [-0.2, 0) is 13.0 Å². The van der Waals surface area contributed by atoms with Gasteiger partial charge in [-0.1, -0.05) is 24.3 Å². The minimum absolute atomic E-state index is 0.245. The lowest BCUT2D eigenvalue weighted by Gasteiger charge is -2.37. The van der Waals surface area contributed by atoms with E-state index < -0.39 is 0 Å². The van der Waals surface area contributed by atoms with Crippen LogP contribution in [0.2, 0.25) is 0 Å². The highest BCUT2D eigenvalue weighted by molar-refractivity contribution is 5.79. The number of para-hydroxylation sites is 1. The summed E-state index contributed by atoms with van der Waals surface area (Å²) in [5.41, 5.74) is 2.56. The molecule has 1 aliphatic heterocycles. The molecule has 0 saturated carbocycles. The monoisotopic (exact) mass is 378 g/mol. The largest absolute Gasteiger partial charge is 0.302 e. The first-order valence-electron chi connectivity index (χ1n) is 10.1. The van der Waals surface area contributed by atoms with Crippen LogP contribution in [0.25, 0.3) is 10.9 Å². The molecule has 0 N–H and O–H groups in total. The zero-order valence-electron chi connectivity index (χ0n) is 16.4. The molecule has 5 heteroatoms. The first-order chi connectivity index (χ1) is 13.7. The molecule has 146 valence electrons. The lowest BCUT2D eigenvalue weighted by atomic mass is 10.0. The van der Waals surface area contributed by atoms with Crippen molar-refractivity contribution >= 4 is 10.9 Å². The predicted octanol–water partition coefficient (Wildman–Crippen LogP) is 3.91. The van der Waals surface area contributed by atoms with Crippen LogP contribution >= 0.6 is 0 Å². The molecule has 1 aromatic carbocycles. The second-order valence-electron chi connectivity index (χ2n) is 7.70. The Morgan fingerprint density at radius 3 is 2.89 bits per heavy atom. The molecule has 0 spiro atoms. The van der Waals surface area contributed by atoms with Gasteiger partial charge in [0.1, 0.15) is 11.3 Å². The molecule has 4 nitrogen and oxygen atoms in total. The highest BCUT2D eigenvalue weighted by atomic mass is 19.1. The van der Waals surface area contributed by atoms with Crippen molar-refractivity contribution in [3.05, 3.63) is 71.9 Å². The number of hydrogen-bond acceptors (Lipinski definition) is 4. The number of halogens is 1. The number of likely N-dealkylation sites (N-methyl/N-ethyl adjacent to an activating group) is 1. The Hall–Kier alpha value is -2.37. The summed E-state index contributed by atoms with van der Waals surface area (Å²) in [6.07, 6.45) is 5.23. The second kappa shape index (κ2) is 8.76. The normalized spacial score (nSPS) is 18.0. The first kappa shape index (κ1) is 19.0. The van der Waals surface area contributed by atoms with Crippen molar-refractivity contribution < 1.29 is 4.39 Å². The number of aromatic nitrogens is 2. The van der Waals surface area contributed by atoms with Gasteiger partial charge in [0.2, 0.25) is 0 Å². The summed E-state index contributed by atoms with van der Waals surface area (Å²) in [6, 6.07) is 15.7. The van der Waals surface area contributed by atoms with Gasteiger partial charge in [0.25, 0.3) is 0 Å². The third-order valence-corrected chi connectivity index (χ3v) is 5.67. The molecule has 2 aromatic heterocycles.